The van der Waals surface area contributed by atoms with Crippen molar-refractivity contribution in [3.8, 4) is 73.2 Å². The Labute approximate surface area is 375 Å². The Morgan fingerprint density at radius 2 is 0.797 bits per heavy atom. The van der Waals surface area contributed by atoms with E-state index in [0.29, 0.717) is 17.5 Å². The first-order valence-corrected chi connectivity index (χ1v) is 22.5. The molecule has 0 atom stereocenters. The zero-order valence-corrected chi connectivity index (χ0v) is 36.1. The summed E-state index contributed by atoms with van der Waals surface area (Å²) in [5.74, 6) is 1.85. The van der Waals surface area contributed by atoms with Gasteiger partial charge in [-0.15, -0.1) is 11.3 Å². The van der Waals surface area contributed by atoms with Gasteiger partial charge in [0.25, 0.3) is 0 Å². The minimum absolute atomic E-state index is 0.604. The van der Waals surface area contributed by atoms with Gasteiger partial charge in [-0.1, -0.05) is 170 Å². The highest BCUT2D eigenvalue weighted by atomic mass is 32.1. The van der Waals surface area contributed by atoms with Crippen LogP contribution in [-0.2, 0) is 0 Å². The Balaban J connectivity index is 1.17. The molecule has 0 unspecified atom stereocenters. The van der Waals surface area contributed by atoms with Gasteiger partial charge >= 0.3 is 0 Å². The number of benzene rings is 9. The lowest BCUT2D eigenvalue weighted by Crippen LogP contribution is -2.04. The zero-order chi connectivity index (χ0) is 42.7. The van der Waals surface area contributed by atoms with Crippen LogP contribution in [0.25, 0.3) is 115 Å². The molecule has 0 spiro atoms. The maximum Gasteiger partial charge on any atom is 0.166 e. The van der Waals surface area contributed by atoms with E-state index in [9.17, 15) is 0 Å². The Morgan fingerprint density at radius 3 is 1.41 bits per heavy atom. The lowest BCUT2D eigenvalue weighted by atomic mass is 9.98. The Bertz CT molecular complexity index is 3590. The number of aromatic nitrogens is 4. The molecule has 3 aromatic heterocycles. The van der Waals surface area contributed by atoms with E-state index in [1.165, 1.54) is 64.3 Å². The number of rotatable bonds is 7. The van der Waals surface area contributed by atoms with Crippen molar-refractivity contribution in [1.29, 1.82) is 0 Å². The van der Waals surface area contributed by atoms with E-state index < -0.39 is 0 Å². The third-order valence-electron chi connectivity index (χ3n) is 12.6. The summed E-state index contributed by atoms with van der Waals surface area (Å²) in [5.41, 5.74) is 15.4. The van der Waals surface area contributed by atoms with E-state index in [1.54, 1.807) is 0 Å². The van der Waals surface area contributed by atoms with Crippen LogP contribution in [0.5, 0.6) is 0 Å². The normalized spacial score (nSPS) is 11.6. The molecule has 0 aliphatic rings. The van der Waals surface area contributed by atoms with E-state index in [-0.39, 0.29) is 0 Å². The molecule has 3 heterocycles. The summed E-state index contributed by atoms with van der Waals surface area (Å²) in [4.78, 5) is 15.8. The van der Waals surface area contributed by atoms with Crippen molar-refractivity contribution in [3.63, 3.8) is 0 Å². The minimum Gasteiger partial charge on any atom is -0.308 e. The molecule has 12 aromatic rings. The second kappa shape index (κ2) is 15.4. The van der Waals surface area contributed by atoms with Gasteiger partial charge in [-0.3, -0.25) is 0 Å². The number of fused-ring (bicyclic) bond motifs is 6. The van der Waals surface area contributed by atoms with Gasteiger partial charge in [0.05, 0.1) is 16.7 Å². The molecule has 0 radical (unpaired) electrons. The van der Waals surface area contributed by atoms with Crippen LogP contribution in [-0.4, -0.2) is 19.5 Å². The Morgan fingerprint density at radius 1 is 0.328 bits per heavy atom. The molecule has 9 aromatic carbocycles. The summed E-state index contributed by atoms with van der Waals surface area (Å²) >= 11 is 1.84. The molecule has 0 fully saturated rings. The first-order valence-electron chi connectivity index (χ1n) is 21.7. The fourth-order valence-electron chi connectivity index (χ4n) is 9.33. The molecule has 0 bridgehead atoms. The van der Waals surface area contributed by atoms with Crippen LogP contribution in [0.4, 0.5) is 0 Å². The molecular formula is C59H40N4S. The number of hydrogen-bond acceptors (Lipinski definition) is 4. The van der Waals surface area contributed by atoms with E-state index in [2.05, 4.69) is 188 Å². The molecule has 0 aliphatic heterocycles. The SMILES string of the molecule is Cc1ccccc1-c1ccc2c3ccc(-c4ccccc4C)cc3n(-c3ccc(-c4ccc5c(c4)sc4ccccc45)cc3-c3nc(-c4ccccc4)nc(-c4ccccc4)n3)c2c1. The average molecular weight is 837 g/mol. The van der Waals surface area contributed by atoms with Crippen molar-refractivity contribution in [1.82, 2.24) is 19.5 Å². The van der Waals surface area contributed by atoms with Crippen molar-refractivity contribution in [2.24, 2.45) is 0 Å². The monoisotopic (exact) mass is 836 g/mol. The number of thiophene rings is 1. The number of aryl methyl sites for hydroxylation is 2. The standard InChI is InChI=1S/C59H40N4S/c1-37-15-9-11-21-45(37)43-26-29-47-48-30-27-44(46-22-12-10-16-38(46)2)35-54(48)63(53(47)34-43)52-32-28-41(42-25-31-50-49-23-13-14-24-55(49)64-56(50)36-42)33-51(52)59-61-57(39-17-5-3-6-18-39)60-58(62-59)40-19-7-4-8-20-40/h3-36H,1-2H3. The lowest BCUT2D eigenvalue weighted by Gasteiger charge is -2.17. The minimum atomic E-state index is 0.604. The molecule has 64 heavy (non-hydrogen) atoms. The zero-order valence-electron chi connectivity index (χ0n) is 35.3. The summed E-state index contributed by atoms with van der Waals surface area (Å²) in [5, 5.41) is 4.93. The van der Waals surface area contributed by atoms with Crippen LogP contribution < -0.4 is 0 Å². The summed E-state index contributed by atoms with van der Waals surface area (Å²) in [6, 6.07) is 73.9. The Hall–Kier alpha value is -7.99. The largest absolute Gasteiger partial charge is 0.308 e. The lowest BCUT2D eigenvalue weighted by molar-refractivity contribution is 1.06. The average Bonchev–Trinajstić information content (AvgIpc) is 3.89. The summed E-state index contributed by atoms with van der Waals surface area (Å²) in [6.07, 6.45) is 0. The van der Waals surface area contributed by atoms with E-state index in [0.717, 1.165) is 44.5 Å². The van der Waals surface area contributed by atoms with Crippen LogP contribution in [0.2, 0.25) is 0 Å². The van der Waals surface area contributed by atoms with Gasteiger partial charge < -0.3 is 4.57 Å². The maximum atomic E-state index is 5.36. The molecule has 4 nitrogen and oxygen atoms in total. The smallest absolute Gasteiger partial charge is 0.166 e. The fraction of sp³-hybridized carbons (Fsp3) is 0.0339. The molecule has 0 amide bonds. The van der Waals surface area contributed by atoms with Crippen LogP contribution in [0.15, 0.2) is 206 Å². The first kappa shape index (κ1) is 37.7. The number of nitrogens with zero attached hydrogens (tertiary/aromatic N) is 4. The van der Waals surface area contributed by atoms with Gasteiger partial charge in [0.1, 0.15) is 0 Å². The molecule has 5 heteroatoms. The molecule has 0 aliphatic carbocycles. The van der Waals surface area contributed by atoms with Crippen molar-refractivity contribution in [3.05, 3.63) is 217 Å². The van der Waals surface area contributed by atoms with Crippen LogP contribution in [0.1, 0.15) is 11.1 Å². The second-order valence-corrected chi connectivity index (χ2v) is 17.6. The van der Waals surface area contributed by atoms with Gasteiger partial charge in [-0.2, -0.15) is 0 Å². The first-order chi connectivity index (χ1) is 31.5. The molecule has 0 saturated heterocycles. The Kier molecular flexibility index (Phi) is 9.09. The van der Waals surface area contributed by atoms with E-state index >= 15 is 0 Å². The van der Waals surface area contributed by atoms with Gasteiger partial charge in [0.15, 0.2) is 17.5 Å². The van der Waals surface area contributed by atoms with Gasteiger partial charge in [-0.05, 0) is 94.8 Å². The predicted molar refractivity (Wildman–Crippen MR) is 269 cm³/mol. The van der Waals surface area contributed by atoms with Crippen LogP contribution in [0.3, 0.4) is 0 Å². The maximum absolute atomic E-state index is 5.36. The van der Waals surface area contributed by atoms with E-state index in [1.807, 2.05) is 47.7 Å². The second-order valence-electron chi connectivity index (χ2n) is 16.5. The molecule has 302 valence electrons. The van der Waals surface area contributed by atoms with Crippen molar-refractivity contribution < 1.29 is 0 Å². The van der Waals surface area contributed by atoms with Crippen molar-refractivity contribution >= 4 is 53.3 Å². The predicted octanol–water partition coefficient (Wildman–Crippen LogP) is 16.0. The van der Waals surface area contributed by atoms with Gasteiger partial charge in [-0.25, -0.2) is 15.0 Å². The third-order valence-corrected chi connectivity index (χ3v) is 13.7. The van der Waals surface area contributed by atoms with Crippen LogP contribution in [0, 0.1) is 13.8 Å². The highest BCUT2D eigenvalue weighted by Gasteiger charge is 2.22. The molecular weight excluding hydrogens is 797 g/mol. The third kappa shape index (κ3) is 6.48. The molecule has 0 N–H and O–H groups in total. The highest BCUT2D eigenvalue weighted by Crippen LogP contribution is 2.42. The van der Waals surface area contributed by atoms with Gasteiger partial charge in [0.2, 0.25) is 0 Å². The van der Waals surface area contributed by atoms with Gasteiger partial charge in [0, 0.05) is 47.6 Å². The summed E-state index contributed by atoms with van der Waals surface area (Å²) in [7, 11) is 0. The van der Waals surface area contributed by atoms with Crippen molar-refractivity contribution in [2.45, 2.75) is 13.8 Å². The summed E-state index contributed by atoms with van der Waals surface area (Å²) in [6.45, 7) is 4.37. The molecule has 12 rings (SSSR count). The quantitative estimate of drug-likeness (QED) is 0.161. The fourth-order valence-corrected chi connectivity index (χ4v) is 10.5. The topological polar surface area (TPSA) is 43.6 Å². The van der Waals surface area contributed by atoms with Crippen molar-refractivity contribution in [2.75, 3.05) is 0 Å². The highest BCUT2D eigenvalue weighted by molar-refractivity contribution is 7.25. The van der Waals surface area contributed by atoms with Crippen LogP contribution >= 0.6 is 11.3 Å². The summed E-state index contributed by atoms with van der Waals surface area (Å²) < 4.78 is 4.99. The van der Waals surface area contributed by atoms with E-state index in [4.69, 9.17) is 15.0 Å². The number of hydrogen-bond donors (Lipinski definition) is 0. The molecule has 0 saturated carbocycles.